The lowest BCUT2D eigenvalue weighted by Gasteiger charge is -2.25. The number of rotatable bonds is 4. The molecule has 22 heavy (non-hydrogen) atoms. The third-order valence-electron chi connectivity index (χ3n) is 3.39. The fourth-order valence-corrected chi connectivity index (χ4v) is 2.35. The van der Waals surface area contributed by atoms with Crippen LogP contribution in [0.5, 0.6) is 0 Å². The van der Waals surface area contributed by atoms with Crippen molar-refractivity contribution in [3.05, 3.63) is 90.5 Å². The van der Waals surface area contributed by atoms with Gasteiger partial charge < -0.3 is 4.90 Å². The molecular formula is C19H14NO2. The zero-order chi connectivity index (χ0) is 15.4. The second-order valence-corrected chi connectivity index (χ2v) is 4.84. The van der Waals surface area contributed by atoms with Crippen LogP contribution in [-0.4, -0.2) is 5.97 Å². The van der Waals surface area contributed by atoms with Gasteiger partial charge >= 0.3 is 5.97 Å². The third-order valence-corrected chi connectivity index (χ3v) is 3.39. The van der Waals surface area contributed by atoms with Crippen LogP contribution in [0.25, 0.3) is 0 Å². The summed E-state index contributed by atoms with van der Waals surface area (Å²) in [7, 11) is 0. The van der Waals surface area contributed by atoms with E-state index in [9.17, 15) is 9.90 Å². The molecule has 0 N–H and O–H groups in total. The molecule has 0 saturated carbocycles. The molecule has 107 valence electrons. The van der Waals surface area contributed by atoms with Gasteiger partial charge in [-0.05, 0) is 48.5 Å². The molecule has 0 unspecified atom stereocenters. The van der Waals surface area contributed by atoms with Crippen molar-refractivity contribution in [1.82, 2.24) is 0 Å². The Kier molecular flexibility index (Phi) is 3.88. The second kappa shape index (κ2) is 6.14. The standard InChI is InChI=1S/C19H14NO2/c21-19(22)15-11-13-18(14-12-15)20(16-7-3-1-4-8-16)17-9-5-2-6-10-17/h1-14H. The molecule has 1 radical (unpaired) electrons. The number of carbonyl (C=O) groups excluding carboxylic acids is 1. The van der Waals surface area contributed by atoms with Gasteiger partial charge in [0.05, 0.1) is 5.56 Å². The zero-order valence-electron chi connectivity index (χ0n) is 11.8. The van der Waals surface area contributed by atoms with Gasteiger partial charge in [-0.1, -0.05) is 36.4 Å². The van der Waals surface area contributed by atoms with Crippen molar-refractivity contribution in [2.45, 2.75) is 0 Å². The Labute approximate surface area is 129 Å². The van der Waals surface area contributed by atoms with E-state index in [0.29, 0.717) is 0 Å². The predicted octanol–water partition coefficient (Wildman–Crippen LogP) is 4.73. The molecule has 0 atom stereocenters. The summed E-state index contributed by atoms with van der Waals surface area (Å²) in [4.78, 5) is 13.0. The van der Waals surface area contributed by atoms with E-state index >= 15 is 0 Å². The quantitative estimate of drug-likeness (QED) is 0.696. The highest BCUT2D eigenvalue weighted by Crippen LogP contribution is 2.33. The SMILES string of the molecule is [O]C(=O)c1ccc(N(c2ccccc2)c2ccccc2)cc1. The summed E-state index contributed by atoms with van der Waals surface area (Å²) in [5.74, 6) is -1.17. The monoisotopic (exact) mass is 288 g/mol. The topological polar surface area (TPSA) is 40.2 Å². The van der Waals surface area contributed by atoms with Crippen LogP contribution < -0.4 is 4.90 Å². The minimum Gasteiger partial charge on any atom is -0.311 e. The summed E-state index contributed by atoms with van der Waals surface area (Å²) in [5, 5.41) is 10.9. The average Bonchev–Trinajstić information content (AvgIpc) is 2.57. The average molecular weight is 288 g/mol. The molecule has 3 aromatic rings. The van der Waals surface area contributed by atoms with Crippen molar-refractivity contribution in [1.29, 1.82) is 0 Å². The first-order chi connectivity index (χ1) is 10.8. The van der Waals surface area contributed by atoms with Crippen molar-refractivity contribution in [2.75, 3.05) is 4.90 Å². The lowest BCUT2D eigenvalue weighted by molar-refractivity contribution is 0.0573. The van der Waals surface area contributed by atoms with Crippen LogP contribution in [-0.2, 0) is 5.11 Å². The molecule has 3 nitrogen and oxygen atoms in total. The van der Waals surface area contributed by atoms with Crippen LogP contribution in [0.15, 0.2) is 84.9 Å². The maximum atomic E-state index is 10.9. The van der Waals surface area contributed by atoms with Crippen LogP contribution in [0.3, 0.4) is 0 Å². The van der Waals surface area contributed by atoms with Gasteiger partial charge in [0.1, 0.15) is 0 Å². The van der Waals surface area contributed by atoms with E-state index in [1.807, 2.05) is 60.7 Å². The van der Waals surface area contributed by atoms with E-state index in [0.717, 1.165) is 17.1 Å². The molecule has 0 bridgehead atoms. The first-order valence-corrected chi connectivity index (χ1v) is 6.97. The van der Waals surface area contributed by atoms with Crippen molar-refractivity contribution in [3.63, 3.8) is 0 Å². The molecule has 0 fully saturated rings. The van der Waals surface area contributed by atoms with Gasteiger partial charge in [0, 0.05) is 17.1 Å². The van der Waals surface area contributed by atoms with Crippen LogP contribution in [0, 0.1) is 0 Å². The van der Waals surface area contributed by atoms with E-state index in [2.05, 4.69) is 4.90 Å². The highest BCUT2D eigenvalue weighted by atomic mass is 16.4. The molecule has 0 aliphatic carbocycles. The van der Waals surface area contributed by atoms with E-state index in [1.54, 1.807) is 24.3 Å². The molecule has 0 aromatic heterocycles. The largest absolute Gasteiger partial charge is 0.386 e. The van der Waals surface area contributed by atoms with Gasteiger partial charge in [-0.15, -0.1) is 0 Å². The predicted molar refractivity (Wildman–Crippen MR) is 86.1 cm³/mol. The Balaban J connectivity index is 2.08. The molecule has 0 aliphatic heterocycles. The third kappa shape index (κ3) is 2.83. The fourth-order valence-electron chi connectivity index (χ4n) is 2.35. The normalized spacial score (nSPS) is 10.2. The molecular weight excluding hydrogens is 274 g/mol. The van der Waals surface area contributed by atoms with Crippen molar-refractivity contribution < 1.29 is 9.90 Å². The van der Waals surface area contributed by atoms with Crippen LogP contribution in [0.1, 0.15) is 10.4 Å². The molecule has 0 saturated heterocycles. The number of nitrogens with zero attached hydrogens (tertiary/aromatic N) is 1. The maximum Gasteiger partial charge on any atom is 0.386 e. The van der Waals surface area contributed by atoms with E-state index < -0.39 is 5.97 Å². The minimum absolute atomic E-state index is 0.171. The van der Waals surface area contributed by atoms with E-state index in [1.165, 1.54) is 0 Å². The summed E-state index contributed by atoms with van der Waals surface area (Å²) < 4.78 is 0. The smallest absolute Gasteiger partial charge is 0.311 e. The number of anilines is 3. The molecule has 3 aromatic carbocycles. The van der Waals surface area contributed by atoms with E-state index in [-0.39, 0.29) is 5.56 Å². The Bertz CT molecular complexity index is 713. The number of benzene rings is 3. The molecule has 0 heterocycles. The van der Waals surface area contributed by atoms with Crippen molar-refractivity contribution >= 4 is 23.0 Å². The highest BCUT2D eigenvalue weighted by molar-refractivity contribution is 5.88. The summed E-state index contributed by atoms with van der Waals surface area (Å²) in [6, 6.07) is 26.6. The van der Waals surface area contributed by atoms with E-state index in [4.69, 9.17) is 0 Å². The Hall–Kier alpha value is -3.07. The number of hydrogen-bond acceptors (Lipinski definition) is 2. The lowest BCUT2D eigenvalue weighted by Crippen LogP contribution is -2.09. The highest BCUT2D eigenvalue weighted by Gasteiger charge is 2.12. The Morgan fingerprint density at radius 3 is 1.41 bits per heavy atom. The number of carbonyl (C=O) groups is 1. The first kappa shape index (κ1) is 13.9. The van der Waals surface area contributed by atoms with Crippen molar-refractivity contribution in [2.24, 2.45) is 0 Å². The van der Waals surface area contributed by atoms with Gasteiger partial charge in [-0.2, -0.15) is 0 Å². The summed E-state index contributed by atoms with van der Waals surface area (Å²) in [5.41, 5.74) is 3.08. The van der Waals surface area contributed by atoms with Gasteiger partial charge in [0.25, 0.3) is 0 Å². The van der Waals surface area contributed by atoms with Gasteiger partial charge in [0.15, 0.2) is 0 Å². The maximum absolute atomic E-state index is 10.9. The van der Waals surface area contributed by atoms with Gasteiger partial charge in [0.2, 0.25) is 0 Å². The summed E-state index contributed by atoms with van der Waals surface area (Å²) >= 11 is 0. The second-order valence-electron chi connectivity index (χ2n) is 4.84. The van der Waals surface area contributed by atoms with Crippen LogP contribution in [0.4, 0.5) is 17.1 Å². The first-order valence-electron chi connectivity index (χ1n) is 6.97. The van der Waals surface area contributed by atoms with Gasteiger partial charge in [-0.25, -0.2) is 9.90 Å². The lowest BCUT2D eigenvalue weighted by atomic mass is 10.1. The Morgan fingerprint density at radius 2 is 1.00 bits per heavy atom. The summed E-state index contributed by atoms with van der Waals surface area (Å²) in [6.07, 6.45) is 0. The molecule has 0 aliphatic rings. The molecule has 0 spiro atoms. The Morgan fingerprint density at radius 1 is 0.591 bits per heavy atom. The molecule has 3 heteroatoms. The zero-order valence-corrected chi connectivity index (χ0v) is 11.8. The minimum atomic E-state index is -1.17. The number of hydrogen-bond donors (Lipinski definition) is 0. The van der Waals surface area contributed by atoms with Crippen LogP contribution in [0.2, 0.25) is 0 Å². The fraction of sp³-hybridized carbons (Fsp3) is 0. The van der Waals surface area contributed by atoms with Gasteiger partial charge in [-0.3, -0.25) is 0 Å². The molecule has 0 amide bonds. The van der Waals surface area contributed by atoms with Crippen molar-refractivity contribution in [3.8, 4) is 0 Å². The number of para-hydroxylation sites is 2. The van der Waals surface area contributed by atoms with Crippen LogP contribution >= 0.6 is 0 Å². The summed E-state index contributed by atoms with van der Waals surface area (Å²) in [6.45, 7) is 0. The molecule has 3 rings (SSSR count).